The summed E-state index contributed by atoms with van der Waals surface area (Å²) in [5.41, 5.74) is 1.74. The van der Waals surface area contributed by atoms with E-state index in [9.17, 15) is 4.79 Å². The average molecular weight is 221 g/mol. The van der Waals surface area contributed by atoms with Crippen molar-refractivity contribution in [3.8, 4) is 0 Å². The second-order valence-electron chi connectivity index (χ2n) is 4.63. The van der Waals surface area contributed by atoms with Crippen LogP contribution in [0.1, 0.15) is 48.4 Å². The van der Waals surface area contributed by atoms with Crippen LogP contribution < -0.4 is 0 Å². The molecular formula is C12H19N3O. The van der Waals surface area contributed by atoms with Gasteiger partial charge in [0.25, 0.3) is 0 Å². The molecule has 0 N–H and O–H groups in total. The fourth-order valence-electron chi connectivity index (χ4n) is 2.43. The molecule has 1 aromatic rings. The lowest BCUT2D eigenvalue weighted by Gasteiger charge is -2.31. The second-order valence-corrected chi connectivity index (χ2v) is 4.63. The Morgan fingerprint density at radius 3 is 2.75 bits per heavy atom. The smallest absolute Gasteiger partial charge is 0.177 e. The Hall–Kier alpha value is -1.16. The SMILES string of the molecule is CC(=O)c1cc(C2CCCCN2C)nn1C. The van der Waals surface area contributed by atoms with Gasteiger partial charge in [-0.05, 0) is 32.5 Å². The third-order valence-electron chi connectivity index (χ3n) is 3.37. The van der Waals surface area contributed by atoms with E-state index in [1.807, 2.05) is 13.1 Å². The van der Waals surface area contributed by atoms with Gasteiger partial charge in [-0.15, -0.1) is 0 Å². The Morgan fingerprint density at radius 1 is 1.44 bits per heavy atom. The first-order valence-electron chi connectivity index (χ1n) is 5.84. The van der Waals surface area contributed by atoms with Gasteiger partial charge >= 0.3 is 0 Å². The number of aromatic nitrogens is 2. The lowest BCUT2D eigenvalue weighted by molar-refractivity contribution is 0.100. The number of piperidine rings is 1. The van der Waals surface area contributed by atoms with Crippen LogP contribution >= 0.6 is 0 Å². The molecule has 1 aliphatic rings. The second kappa shape index (κ2) is 4.37. The molecule has 1 aliphatic heterocycles. The first kappa shape index (κ1) is 11.3. The van der Waals surface area contributed by atoms with Gasteiger partial charge < -0.3 is 0 Å². The standard InChI is InChI=1S/C12H19N3O/c1-9(16)12-8-10(13-15(12)3)11-6-4-5-7-14(11)2/h8,11H,4-7H2,1-3H3. The van der Waals surface area contributed by atoms with Crippen molar-refractivity contribution in [3.05, 3.63) is 17.5 Å². The monoisotopic (exact) mass is 221 g/mol. The molecule has 0 radical (unpaired) electrons. The summed E-state index contributed by atoms with van der Waals surface area (Å²) >= 11 is 0. The molecular weight excluding hydrogens is 202 g/mol. The van der Waals surface area contributed by atoms with Crippen LogP contribution in [0.15, 0.2) is 6.07 Å². The number of hydrogen-bond acceptors (Lipinski definition) is 3. The van der Waals surface area contributed by atoms with Gasteiger partial charge in [-0.2, -0.15) is 5.10 Å². The van der Waals surface area contributed by atoms with Gasteiger partial charge in [0.15, 0.2) is 5.78 Å². The van der Waals surface area contributed by atoms with Crippen molar-refractivity contribution in [2.75, 3.05) is 13.6 Å². The molecule has 0 aliphatic carbocycles. The van der Waals surface area contributed by atoms with Gasteiger partial charge in [0.2, 0.25) is 0 Å². The molecule has 2 heterocycles. The van der Waals surface area contributed by atoms with E-state index in [-0.39, 0.29) is 5.78 Å². The number of rotatable bonds is 2. The Balaban J connectivity index is 2.26. The number of carbonyl (C=O) groups is 1. The first-order chi connectivity index (χ1) is 7.59. The highest BCUT2D eigenvalue weighted by atomic mass is 16.1. The topological polar surface area (TPSA) is 38.1 Å². The summed E-state index contributed by atoms with van der Waals surface area (Å²) in [5.74, 6) is 0.0831. The van der Waals surface area contributed by atoms with Crippen LogP contribution in [0.4, 0.5) is 0 Å². The van der Waals surface area contributed by atoms with Gasteiger partial charge in [0, 0.05) is 14.0 Å². The van der Waals surface area contributed by atoms with E-state index in [0.717, 1.165) is 18.7 Å². The van der Waals surface area contributed by atoms with Crippen LogP contribution in [-0.4, -0.2) is 34.1 Å². The number of Topliss-reactive ketones (excluding diaryl/α,β-unsaturated/α-hetero) is 1. The fraction of sp³-hybridized carbons (Fsp3) is 0.667. The van der Waals surface area contributed by atoms with E-state index in [0.29, 0.717) is 11.7 Å². The van der Waals surface area contributed by atoms with E-state index in [1.165, 1.54) is 12.8 Å². The lowest BCUT2D eigenvalue weighted by atomic mass is 10.00. The Kier molecular flexibility index (Phi) is 3.10. The molecule has 1 atom stereocenters. The van der Waals surface area contributed by atoms with Gasteiger partial charge in [-0.3, -0.25) is 14.4 Å². The normalized spacial score (nSPS) is 22.3. The largest absolute Gasteiger partial charge is 0.298 e. The molecule has 1 fully saturated rings. The zero-order chi connectivity index (χ0) is 11.7. The average Bonchev–Trinajstić information content (AvgIpc) is 2.61. The maximum atomic E-state index is 11.4. The van der Waals surface area contributed by atoms with E-state index in [1.54, 1.807) is 11.6 Å². The number of carbonyl (C=O) groups excluding carboxylic acids is 1. The highest BCUT2D eigenvalue weighted by molar-refractivity contribution is 5.92. The number of nitrogens with zero attached hydrogens (tertiary/aromatic N) is 3. The van der Waals surface area contributed by atoms with E-state index < -0.39 is 0 Å². The van der Waals surface area contributed by atoms with Crippen molar-refractivity contribution in [2.24, 2.45) is 7.05 Å². The van der Waals surface area contributed by atoms with Gasteiger partial charge in [0.05, 0.1) is 11.7 Å². The minimum absolute atomic E-state index is 0.0831. The molecule has 0 spiro atoms. The van der Waals surface area contributed by atoms with E-state index in [4.69, 9.17) is 0 Å². The zero-order valence-corrected chi connectivity index (χ0v) is 10.2. The maximum Gasteiger partial charge on any atom is 0.177 e. The Labute approximate surface area is 96.2 Å². The van der Waals surface area contributed by atoms with Gasteiger partial charge in [0.1, 0.15) is 5.69 Å². The molecule has 0 bridgehead atoms. The molecule has 0 aromatic carbocycles. The summed E-state index contributed by atoms with van der Waals surface area (Å²) < 4.78 is 1.69. The zero-order valence-electron chi connectivity index (χ0n) is 10.2. The Morgan fingerprint density at radius 2 is 2.19 bits per heavy atom. The summed E-state index contributed by atoms with van der Waals surface area (Å²) in [4.78, 5) is 13.7. The van der Waals surface area contributed by atoms with E-state index >= 15 is 0 Å². The fourth-order valence-corrected chi connectivity index (χ4v) is 2.43. The molecule has 1 aromatic heterocycles. The minimum atomic E-state index is 0.0831. The highest BCUT2D eigenvalue weighted by Gasteiger charge is 2.24. The lowest BCUT2D eigenvalue weighted by Crippen LogP contribution is -2.29. The van der Waals surface area contributed by atoms with Crippen LogP contribution in [0, 0.1) is 0 Å². The van der Waals surface area contributed by atoms with Crippen LogP contribution in [0.25, 0.3) is 0 Å². The molecule has 88 valence electrons. The molecule has 16 heavy (non-hydrogen) atoms. The molecule has 1 saturated heterocycles. The van der Waals surface area contributed by atoms with Crippen molar-refractivity contribution >= 4 is 5.78 Å². The minimum Gasteiger partial charge on any atom is -0.298 e. The van der Waals surface area contributed by atoms with Crippen LogP contribution in [-0.2, 0) is 7.05 Å². The number of ketones is 1. The number of aryl methyl sites for hydroxylation is 1. The molecule has 1 unspecified atom stereocenters. The van der Waals surface area contributed by atoms with Crippen molar-refractivity contribution in [3.63, 3.8) is 0 Å². The van der Waals surface area contributed by atoms with Gasteiger partial charge in [-0.25, -0.2) is 0 Å². The predicted octanol–water partition coefficient (Wildman–Crippen LogP) is 1.78. The van der Waals surface area contributed by atoms with Crippen LogP contribution in [0.3, 0.4) is 0 Å². The summed E-state index contributed by atoms with van der Waals surface area (Å²) in [6, 6.07) is 2.32. The maximum absolute atomic E-state index is 11.4. The van der Waals surface area contributed by atoms with Crippen molar-refractivity contribution in [1.82, 2.24) is 14.7 Å². The van der Waals surface area contributed by atoms with E-state index in [2.05, 4.69) is 17.0 Å². The molecule has 4 nitrogen and oxygen atoms in total. The molecule has 0 saturated carbocycles. The van der Waals surface area contributed by atoms with Crippen LogP contribution in [0.2, 0.25) is 0 Å². The number of likely N-dealkylation sites (tertiary alicyclic amines) is 1. The van der Waals surface area contributed by atoms with Gasteiger partial charge in [-0.1, -0.05) is 6.42 Å². The summed E-state index contributed by atoms with van der Waals surface area (Å²) in [7, 11) is 3.97. The molecule has 2 rings (SSSR count). The third kappa shape index (κ3) is 2.02. The third-order valence-corrected chi connectivity index (χ3v) is 3.37. The highest BCUT2D eigenvalue weighted by Crippen LogP contribution is 2.28. The quantitative estimate of drug-likeness (QED) is 0.714. The molecule has 0 amide bonds. The van der Waals surface area contributed by atoms with Crippen LogP contribution in [0.5, 0.6) is 0 Å². The summed E-state index contributed by atoms with van der Waals surface area (Å²) in [6.45, 7) is 2.71. The van der Waals surface area contributed by atoms with Crippen molar-refractivity contribution < 1.29 is 4.79 Å². The summed E-state index contributed by atoms with van der Waals surface area (Å²) in [5, 5.41) is 4.46. The predicted molar refractivity (Wildman–Crippen MR) is 62.4 cm³/mol. The number of hydrogen-bond donors (Lipinski definition) is 0. The first-order valence-corrected chi connectivity index (χ1v) is 5.84. The Bertz CT molecular complexity index is 397. The molecule has 4 heteroatoms. The summed E-state index contributed by atoms with van der Waals surface area (Å²) in [6.07, 6.45) is 3.66. The van der Waals surface area contributed by atoms with Crippen molar-refractivity contribution in [2.45, 2.75) is 32.2 Å². The van der Waals surface area contributed by atoms with Crippen molar-refractivity contribution in [1.29, 1.82) is 0 Å².